The largest absolute Gasteiger partial charge is 0.469 e. The number of esters is 1. The van der Waals surface area contributed by atoms with Gasteiger partial charge in [-0.25, -0.2) is 8.78 Å². The first-order chi connectivity index (χ1) is 5.49. The zero-order valence-corrected chi connectivity index (χ0v) is 7.14. The van der Waals surface area contributed by atoms with E-state index in [-0.39, 0.29) is 12.8 Å². The standard InChI is InChI=1S/C8H12F2O2/c1-5-6(7(11)12-2)3-4-8(5,9)10/h5-6H,3-4H2,1-2H3. The Balaban J connectivity index is 2.67. The van der Waals surface area contributed by atoms with Gasteiger partial charge < -0.3 is 4.74 Å². The molecule has 1 saturated carbocycles. The summed E-state index contributed by atoms with van der Waals surface area (Å²) in [6.45, 7) is 1.40. The van der Waals surface area contributed by atoms with E-state index in [1.54, 1.807) is 0 Å². The number of carbonyl (C=O) groups is 1. The molecule has 0 radical (unpaired) electrons. The highest BCUT2D eigenvalue weighted by molar-refractivity contribution is 5.73. The van der Waals surface area contributed by atoms with Gasteiger partial charge in [0.1, 0.15) is 0 Å². The summed E-state index contributed by atoms with van der Waals surface area (Å²) in [6, 6.07) is 0. The van der Waals surface area contributed by atoms with E-state index in [1.807, 2.05) is 0 Å². The third kappa shape index (κ3) is 1.42. The molecule has 0 aromatic carbocycles. The van der Waals surface area contributed by atoms with Crippen LogP contribution in [0.1, 0.15) is 19.8 Å². The second-order valence-corrected chi connectivity index (χ2v) is 3.22. The number of halogens is 2. The van der Waals surface area contributed by atoms with Crippen molar-refractivity contribution in [2.75, 3.05) is 7.11 Å². The Bertz CT molecular complexity index is 191. The molecular formula is C8H12F2O2. The highest BCUT2D eigenvalue weighted by Gasteiger charge is 2.50. The summed E-state index contributed by atoms with van der Waals surface area (Å²) in [6.07, 6.45) is 0.0365. The molecule has 2 nitrogen and oxygen atoms in total. The van der Waals surface area contributed by atoms with Crippen molar-refractivity contribution < 1.29 is 18.3 Å². The van der Waals surface area contributed by atoms with E-state index in [9.17, 15) is 13.6 Å². The van der Waals surface area contributed by atoms with Gasteiger partial charge in [-0.1, -0.05) is 6.92 Å². The molecule has 0 saturated heterocycles. The lowest BCUT2D eigenvalue weighted by atomic mass is 9.97. The van der Waals surface area contributed by atoms with Crippen molar-refractivity contribution in [3.05, 3.63) is 0 Å². The average molecular weight is 178 g/mol. The molecular weight excluding hydrogens is 166 g/mol. The number of carbonyl (C=O) groups excluding carboxylic acids is 1. The fourth-order valence-electron chi connectivity index (χ4n) is 1.59. The number of hydrogen-bond donors (Lipinski definition) is 0. The van der Waals surface area contributed by atoms with Crippen molar-refractivity contribution in [3.8, 4) is 0 Å². The lowest BCUT2D eigenvalue weighted by molar-refractivity contribution is -0.149. The quantitative estimate of drug-likeness (QED) is 0.573. The summed E-state index contributed by atoms with van der Waals surface area (Å²) < 4.78 is 30.2. The van der Waals surface area contributed by atoms with Gasteiger partial charge in [-0.2, -0.15) is 0 Å². The molecule has 0 aliphatic heterocycles. The van der Waals surface area contributed by atoms with E-state index >= 15 is 0 Å². The molecule has 12 heavy (non-hydrogen) atoms. The van der Waals surface area contributed by atoms with Gasteiger partial charge in [0.2, 0.25) is 0 Å². The van der Waals surface area contributed by atoms with Gasteiger partial charge in [-0.15, -0.1) is 0 Å². The monoisotopic (exact) mass is 178 g/mol. The maximum Gasteiger partial charge on any atom is 0.309 e. The zero-order chi connectivity index (χ0) is 9.35. The summed E-state index contributed by atoms with van der Waals surface area (Å²) in [5.41, 5.74) is 0. The van der Waals surface area contributed by atoms with Crippen LogP contribution in [0.25, 0.3) is 0 Å². The van der Waals surface area contributed by atoms with Crippen LogP contribution in [-0.2, 0) is 9.53 Å². The molecule has 1 aliphatic carbocycles. The van der Waals surface area contributed by atoms with Crippen LogP contribution in [0.2, 0.25) is 0 Å². The third-order valence-electron chi connectivity index (χ3n) is 2.56. The van der Waals surface area contributed by atoms with Crippen LogP contribution in [0, 0.1) is 11.8 Å². The van der Waals surface area contributed by atoms with Crippen LogP contribution in [-0.4, -0.2) is 19.0 Å². The number of hydrogen-bond acceptors (Lipinski definition) is 2. The molecule has 70 valence electrons. The van der Waals surface area contributed by atoms with Crippen molar-refractivity contribution in [2.45, 2.75) is 25.7 Å². The normalized spacial score (nSPS) is 33.3. The number of alkyl halides is 2. The van der Waals surface area contributed by atoms with Crippen LogP contribution in [0.4, 0.5) is 8.78 Å². The van der Waals surface area contributed by atoms with Crippen LogP contribution in [0.3, 0.4) is 0 Å². The second-order valence-electron chi connectivity index (χ2n) is 3.22. The van der Waals surface area contributed by atoms with E-state index in [2.05, 4.69) is 4.74 Å². The van der Waals surface area contributed by atoms with Crippen LogP contribution < -0.4 is 0 Å². The number of methoxy groups -OCH3 is 1. The predicted octanol–water partition coefficient (Wildman–Crippen LogP) is 1.84. The minimum absolute atomic E-state index is 0.200. The fraction of sp³-hybridized carbons (Fsp3) is 0.875. The van der Waals surface area contributed by atoms with Crippen molar-refractivity contribution in [1.29, 1.82) is 0 Å². The molecule has 0 spiro atoms. The van der Waals surface area contributed by atoms with Gasteiger partial charge in [0.25, 0.3) is 5.92 Å². The van der Waals surface area contributed by atoms with E-state index in [0.29, 0.717) is 0 Å². The van der Waals surface area contributed by atoms with Crippen molar-refractivity contribution >= 4 is 5.97 Å². The molecule has 0 aromatic rings. The molecule has 2 atom stereocenters. The van der Waals surface area contributed by atoms with Gasteiger partial charge >= 0.3 is 5.97 Å². The maximum atomic E-state index is 12.9. The number of rotatable bonds is 1. The van der Waals surface area contributed by atoms with Gasteiger partial charge in [-0.3, -0.25) is 4.79 Å². The first-order valence-electron chi connectivity index (χ1n) is 3.94. The summed E-state index contributed by atoms with van der Waals surface area (Å²) in [7, 11) is 1.23. The second kappa shape index (κ2) is 2.99. The van der Waals surface area contributed by atoms with Crippen LogP contribution in [0.15, 0.2) is 0 Å². The first kappa shape index (κ1) is 9.42. The lowest BCUT2D eigenvalue weighted by Crippen LogP contribution is -2.27. The minimum atomic E-state index is -2.70. The molecule has 0 amide bonds. The predicted molar refractivity (Wildman–Crippen MR) is 38.9 cm³/mol. The lowest BCUT2D eigenvalue weighted by Gasteiger charge is -2.17. The summed E-state index contributed by atoms with van der Waals surface area (Å²) in [4.78, 5) is 11.0. The van der Waals surface area contributed by atoms with E-state index in [1.165, 1.54) is 14.0 Å². The highest BCUT2D eigenvalue weighted by Crippen LogP contribution is 2.44. The van der Waals surface area contributed by atoms with E-state index in [4.69, 9.17) is 0 Å². The fourth-order valence-corrected chi connectivity index (χ4v) is 1.59. The summed E-state index contributed by atoms with van der Waals surface area (Å²) in [5, 5.41) is 0. The Morgan fingerprint density at radius 3 is 2.50 bits per heavy atom. The third-order valence-corrected chi connectivity index (χ3v) is 2.56. The van der Waals surface area contributed by atoms with E-state index in [0.717, 1.165) is 0 Å². The van der Waals surface area contributed by atoms with Gasteiger partial charge in [0.15, 0.2) is 0 Å². The van der Waals surface area contributed by atoms with Crippen LogP contribution in [0.5, 0.6) is 0 Å². The Morgan fingerprint density at radius 1 is 1.58 bits per heavy atom. The van der Waals surface area contributed by atoms with Gasteiger partial charge in [-0.05, 0) is 6.42 Å². The average Bonchev–Trinajstić information content (AvgIpc) is 2.27. The minimum Gasteiger partial charge on any atom is -0.469 e. The smallest absolute Gasteiger partial charge is 0.309 e. The summed E-state index contributed by atoms with van der Waals surface area (Å²) in [5.74, 6) is -4.71. The zero-order valence-electron chi connectivity index (χ0n) is 7.14. The Morgan fingerprint density at radius 2 is 2.17 bits per heavy atom. The van der Waals surface area contributed by atoms with Crippen LogP contribution >= 0.6 is 0 Å². The maximum absolute atomic E-state index is 12.9. The van der Waals surface area contributed by atoms with Gasteiger partial charge in [0.05, 0.1) is 13.0 Å². The first-order valence-corrected chi connectivity index (χ1v) is 3.94. The molecule has 2 unspecified atom stereocenters. The topological polar surface area (TPSA) is 26.3 Å². The molecule has 1 rings (SSSR count). The van der Waals surface area contributed by atoms with Crippen molar-refractivity contribution in [1.82, 2.24) is 0 Å². The van der Waals surface area contributed by atoms with Gasteiger partial charge in [0, 0.05) is 12.3 Å². The van der Waals surface area contributed by atoms with E-state index < -0.39 is 23.7 Å². The molecule has 1 aliphatic rings. The summed E-state index contributed by atoms with van der Waals surface area (Å²) >= 11 is 0. The highest BCUT2D eigenvalue weighted by atomic mass is 19.3. The number of ether oxygens (including phenoxy) is 1. The van der Waals surface area contributed by atoms with Crippen molar-refractivity contribution in [3.63, 3.8) is 0 Å². The molecule has 4 heteroatoms. The molecule has 0 N–H and O–H groups in total. The van der Waals surface area contributed by atoms with Crippen molar-refractivity contribution in [2.24, 2.45) is 11.8 Å². The Kier molecular flexibility index (Phi) is 2.35. The molecule has 0 bridgehead atoms. The SMILES string of the molecule is COC(=O)C1CCC(F)(F)C1C. The molecule has 0 heterocycles. The molecule has 0 aromatic heterocycles. The molecule has 1 fully saturated rings. The Labute approximate surface area is 69.9 Å². The Hall–Kier alpha value is -0.670.